The zero-order valence-corrected chi connectivity index (χ0v) is 16.7. The molecule has 2 N–H and O–H groups in total. The van der Waals surface area contributed by atoms with Gasteiger partial charge in [-0.05, 0) is 30.7 Å². The van der Waals surface area contributed by atoms with Crippen LogP contribution in [-0.2, 0) is 4.74 Å². The first kappa shape index (κ1) is 20.4. The van der Waals surface area contributed by atoms with Crippen molar-refractivity contribution in [3.8, 4) is 0 Å². The predicted molar refractivity (Wildman–Crippen MR) is 104 cm³/mol. The Morgan fingerprint density at radius 3 is 2.72 bits per heavy atom. The number of nitrogens with one attached hydrogen (secondary N) is 2. The highest BCUT2D eigenvalue weighted by atomic mass is 19.4. The number of aromatic nitrogens is 3. The average molecular weight is 446 g/mol. The number of aromatic amines is 1. The first-order chi connectivity index (χ1) is 15.3. The van der Waals surface area contributed by atoms with Gasteiger partial charge in [-0.15, -0.1) is 0 Å². The van der Waals surface area contributed by atoms with Crippen LogP contribution in [0.15, 0.2) is 48.8 Å². The van der Waals surface area contributed by atoms with Gasteiger partial charge < -0.3 is 15.0 Å². The molecule has 0 saturated carbocycles. The maximum absolute atomic E-state index is 13.7. The van der Waals surface area contributed by atoms with Crippen LogP contribution in [0.4, 0.5) is 13.2 Å². The summed E-state index contributed by atoms with van der Waals surface area (Å²) in [7, 11) is 0. The minimum absolute atomic E-state index is 0.0103. The zero-order valence-electron chi connectivity index (χ0n) is 16.7. The Labute approximate surface area is 180 Å². The van der Waals surface area contributed by atoms with E-state index in [1.165, 1.54) is 28.8 Å². The maximum Gasteiger partial charge on any atom is 0.414 e. The van der Waals surface area contributed by atoms with E-state index < -0.39 is 18.1 Å². The van der Waals surface area contributed by atoms with Gasteiger partial charge in [0.05, 0.1) is 30.6 Å². The van der Waals surface area contributed by atoms with Crippen LogP contribution in [0.2, 0.25) is 0 Å². The van der Waals surface area contributed by atoms with Crippen molar-refractivity contribution < 1.29 is 31.9 Å². The summed E-state index contributed by atoms with van der Waals surface area (Å²) in [4.78, 5) is 34.3. The van der Waals surface area contributed by atoms with Gasteiger partial charge in [-0.1, -0.05) is 12.1 Å². The van der Waals surface area contributed by atoms with E-state index in [1.54, 1.807) is 29.3 Å². The number of pyridine rings is 2. The number of nitrogens with zero attached hydrogens (tertiary/aromatic N) is 3. The Balaban J connectivity index is 1.49. The second-order valence-electron chi connectivity index (χ2n) is 7.81. The molecular formula is C21H19F3N5O3+. The zero-order chi connectivity index (χ0) is 22.5. The highest BCUT2D eigenvalue weighted by molar-refractivity contribution is 6.00. The third kappa shape index (κ3) is 3.48. The molecule has 2 bridgehead atoms. The molecule has 0 radical (unpaired) electrons. The summed E-state index contributed by atoms with van der Waals surface area (Å²) >= 11 is 0. The molecule has 3 aromatic heterocycles. The van der Waals surface area contributed by atoms with E-state index in [9.17, 15) is 22.8 Å². The molecule has 2 aliphatic heterocycles. The van der Waals surface area contributed by atoms with Gasteiger partial charge in [-0.25, -0.2) is 4.98 Å². The number of alkyl halides is 3. The third-order valence-corrected chi connectivity index (χ3v) is 5.78. The lowest BCUT2D eigenvalue weighted by Crippen LogP contribution is -2.45. The van der Waals surface area contributed by atoms with Gasteiger partial charge in [-0.3, -0.25) is 14.6 Å². The van der Waals surface area contributed by atoms with E-state index in [-0.39, 0.29) is 40.8 Å². The number of rotatable bonds is 4. The molecule has 2 saturated heterocycles. The Kier molecular flexibility index (Phi) is 4.85. The normalized spacial score (nSPS) is 21.2. The lowest BCUT2D eigenvalue weighted by atomic mass is 10.1. The molecule has 166 valence electrons. The van der Waals surface area contributed by atoms with Gasteiger partial charge in [0.2, 0.25) is 5.69 Å². The number of hydrogen-bond donors (Lipinski definition) is 2. The van der Waals surface area contributed by atoms with Crippen LogP contribution in [0.3, 0.4) is 0 Å². The van der Waals surface area contributed by atoms with E-state index in [2.05, 4.69) is 9.97 Å². The fourth-order valence-electron chi connectivity index (χ4n) is 4.27. The van der Waals surface area contributed by atoms with Crippen molar-refractivity contribution >= 4 is 17.3 Å². The largest absolute Gasteiger partial charge is 0.414 e. The van der Waals surface area contributed by atoms with Crippen molar-refractivity contribution in [2.45, 2.75) is 30.8 Å². The quantitative estimate of drug-likeness (QED) is 0.598. The Hall–Kier alpha value is -3.47. The number of hydrogen-bond acceptors (Lipinski definition) is 4. The SMILES string of the molecule is O=C(NC(c1ccccn1)C(F)(F)F)c1[nH]c(C(=O)N2C[C@H]3C[C@@H]2CO3)[n+]2ccccc12. The fourth-order valence-corrected chi connectivity index (χ4v) is 4.27. The summed E-state index contributed by atoms with van der Waals surface area (Å²) in [5.74, 6) is -1.23. The average Bonchev–Trinajstić information content (AvgIpc) is 3.51. The third-order valence-electron chi connectivity index (χ3n) is 5.78. The van der Waals surface area contributed by atoms with Crippen LogP contribution in [0, 0.1) is 0 Å². The fraction of sp³-hybridized carbons (Fsp3) is 0.333. The van der Waals surface area contributed by atoms with Crippen molar-refractivity contribution in [2.75, 3.05) is 13.2 Å². The van der Waals surface area contributed by atoms with Gasteiger partial charge in [0.1, 0.15) is 0 Å². The number of halogens is 3. The van der Waals surface area contributed by atoms with Gasteiger partial charge in [0.15, 0.2) is 11.6 Å². The smallest absolute Gasteiger partial charge is 0.374 e. The molecule has 5 heterocycles. The Morgan fingerprint density at radius 1 is 1.25 bits per heavy atom. The first-order valence-electron chi connectivity index (χ1n) is 10.1. The van der Waals surface area contributed by atoms with Gasteiger partial charge >= 0.3 is 17.9 Å². The second kappa shape index (κ2) is 7.59. The van der Waals surface area contributed by atoms with Crippen LogP contribution in [0.5, 0.6) is 0 Å². The summed E-state index contributed by atoms with van der Waals surface area (Å²) in [6.45, 7) is 0.888. The van der Waals surface area contributed by atoms with Crippen molar-refractivity contribution in [1.29, 1.82) is 0 Å². The number of imidazole rings is 1. The minimum atomic E-state index is -4.76. The van der Waals surface area contributed by atoms with E-state index in [0.29, 0.717) is 13.2 Å². The molecule has 2 fully saturated rings. The van der Waals surface area contributed by atoms with E-state index in [4.69, 9.17) is 4.74 Å². The second-order valence-corrected chi connectivity index (χ2v) is 7.81. The standard InChI is InChI=1S/C21H18F3N5O3/c22-21(23,24)17(14-5-1-3-7-25-14)27-19(30)16-15-6-2-4-8-28(15)18(26-16)20(31)29-10-13-9-12(29)11-32-13/h1-8,12-13,17H,9-11H2,(H,27,30)/p+1/t12-,13-,17?/m1/s1. The summed E-state index contributed by atoms with van der Waals surface area (Å²) in [6.07, 6.45) is -1.21. The molecule has 0 spiro atoms. The molecule has 0 aliphatic carbocycles. The summed E-state index contributed by atoms with van der Waals surface area (Å²) in [5.41, 5.74) is -0.183. The highest BCUT2D eigenvalue weighted by Gasteiger charge is 2.46. The number of fused-ring (bicyclic) bond motifs is 3. The molecule has 11 heteroatoms. The van der Waals surface area contributed by atoms with Crippen LogP contribution < -0.4 is 9.72 Å². The van der Waals surface area contributed by atoms with E-state index in [0.717, 1.165) is 6.42 Å². The number of H-pyrrole nitrogens is 1. The topological polar surface area (TPSA) is 91.4 Å². The van der Waals surface area contributed by atoms with Gasteiger partial charge in [-0.2, -0.15) is 17.6 Å². The van der Waals surface area contributed by atoms with Crippen molar-refractivity contribution in [2.24, 2.45) is 0 Å². The highest BCUT2D eigenvalue weighted by Crippen LogP contribution is 2.32. The number of ether oxygens (including phenoxy) is 1. The van der Waals surface area contributed by atoms with E-state index in [1.807, 2.05) is 5.32 Å². The molecule has 3 aromatic rings. The van der Waals surface area contributed by atoms with Crippen molar-refractivity contribution in [3.05, 3.63) is 66.0 Å². The van der Waals surface area contributed by atoms with Gasteiger partial charge in [0.25, 0.3) is 5.91 Å². The van der Waals surface area contributed by atoms with Crippen LogP contribution in [-0.4, -0.2) is 58.2 Å². The Morgan fingerprint density at radius 2 is 2.06 bits per heavy atom. The molecule has 32 heavy (non-hydrogen) atoms. The lowest BCUT2D eigenvalue weighted by Gasteiger charge is -2.24. The van der Waals surface area contributed by atoms with Crippen LogP contribution in [0.25, 0.3) is 5.52 Å². The molecule has 8 nitrogen and oxygen atoms in total. The van der Waals surface area contributed by atoms with Gasteiger partial charge in [0, 0.05) is 12.7 Å². The molecule has 3 atom stereocenters. The molecule has 5 rings (SSSR count). The van der Waals surface area contributed by atoms with Crippen molar-refractivity contribution in [3.63, 3.8) is 0 Å². The van der Waals surface area contributed by atoms with Crippen LogP contribution >= 0.6 is 0 Å². The van der Waals surface area contributed by atoms with Crippen molar-refractivity contribution in [1.82, 2.24) is 20.2 Å². The Bertz CT molecular complexity index is 1180. The maximum atomic E-state index is 13.7. The van der Waals surface area contributed by atoms with E-state index >= 15 is 0 Å². The number of morpholine rings is 1. The predicted octanol–water partition coefficient (Wildman–Crippen LogP) is 1.80. The molecule has 2 amide bonds. The lowest BCUT2D eigenvalue weighted by molar-refractivity contribution is -0.514. The van der Waals surface area contributed by atoms with Crippen LogP contribution in [0.1, 0.15) is 39.3 Å². The summed E-state index contributed by atoms with van der Waals surface area (Å²) in [6, 6.07) is 6.62. The first-order valence-corrected chi connectivity index (χ1v) is 10.1. The number of carbonyl (C=O) groups excluding carboxylic acids is 2. The molecular weight excluding hydrogens is 427 g/mol. The minimum Gasteiger partial charge on any atom is -0.374 e. The summed E-state index contributed by atoms with van der Waals surface area (Å²) < 4.78 is 48.0. The molecule has 1 unspecified atom stereocenters. The number of amides is 2. The molecule has 0 aromatic carbocycles. The molecule has 2 aliphatic rings. The number of likely N-dealkylation sites (tertiary alicyclic amines) is 1. The number of carbonyl (C=O) groups is 2. The monoisotopic (exact) mass is 446 g/mol. The summed E-state index contributed by atoms with van der Waals surface area (Å²) in [5, 5.41) is 2.01.